The number of halogens is 1. The van der Waals surface area contributed by atoms with Crippen molar-refractivity contribution >= 4 is 23.4 Å². The van der Waals surface area contributed by atoms with Gasteiger partial charge in [0.05, 0.1) is 12.2 Å². The van der Waals surface area contributed by atoms with Crippen LogP contribution in [0.5, 0.6) is 5.75 Å². The highest BCUT2D eigenvalue weighted by atomic mass is 35.5. The maximum absolute atomic E-state index is 13.3. The van der Waals surface area contributed by atoms with Crippen LogP contribution in [0.4, 0.5) is 0 Å². The summed E-state index contributed by atoms with van der Waals surface area (Å²) in [5.41, 5.74) is 0.677. The topological polar surface area (TPSA) is 59.1 Å². The molecule has 3 saturated heterocycles. The van der Waals surface area contributed by atoms with Gasteiger partial charge in [-0.05, 0) is 57.7 Å². The van der Waals surface area contributed by atoms with Crippen LogP contribution in [0.3, 0.4) is 0 Å². The van der Waals surface area contributed by atoms with Gasteiger partial charge in [0.2, 0.25) is 11.8 Å². The summed E-state index contributed by atoms with van der Waals surface area (Å²) in [6.45, 7) is 7.87. The first-order valence-electron chi connectivity index (χ1n) is 11.4. The average Bonchev–Trinajstić information content (AvgIpc) is 3.23. The number of carbonyl (C=O) groups is 2. The van der Waals surface area contributed by atoms with Crippen LogP contribution >= 0.6 is 11.6 Å². The Bertz CT molecular complexity index is 904. The number of carbonyl (C=O) groups excluding carboxylic acids is 2. The Morgan fingerprint density at radius 3 is 2.77 bits per heavy atom. The molecule has 0 spiro atoms. The molecule has 2 amide bonds. The number of rotatable bonds is 1. The third-order valence-electron chi connectivity index (χ3n) is 7.71. The predicted octanol–water partition coefficient (Wildman–Crippen LogP) is 3.82. The molecule has 4 aliphatic heterocycles. The molecule has 168 valence electrons. The second-order valence-corrected chi connectivity index (χ2v) is 10.5. The molecule has 1 aromatic carbocycles. The first-order chi connectivity index (χ1) is 14.7. The fourth-order valence-electron chi connectivity index (χ4n) is 6.09. The van der Waals surface area contributed by atoms with Gasteiger partial charge in [0.15, 0.2) is 0 Å². The Kier molecular flexibility index (Phi) is 5.21. The number of fused-ring (bicyclic) bond motifs is 4. The van der Waals surface area contributed by atoms with Crippen LogP contribution in [-0.4, -0.2) is 59.0 Å². The van der Waals surface area contributed by atoms with Crippen LogP contribution in [0, 0.1) is 11.8 Å². The summed E-state index contributed by atoms with van der Waals surface area (Å²) in [4.78, 5) is 28.9. The van der Waals surface area contributed by atoms with E-state index in [1.165, 1.54) is 0 Å². The van der Waals surface area contributed by atoms with Crippen LogP contribution in [0.15, 0.2) is 18.2 Å². The number of likely N-dealkylation sites (tertiary alicyclic amines) is 2. The lowest BCUT2D eigenvalue weighted by atomic mass is 9.70. The highest BCUT2D eigenvalue weighted by Gasteiger charge is 2.52. The van der Waals surface area contributed by atoms with E-state index in [-0.39, 0.29) is 47.5 Å². The molecule has 0 aliphatic carbocycles. The Morgan fingerprint density at radius 2 is 2.00 bits per heavy atom. The highest BCUT2D eigenvalue weighted by Crippen LogP contribution is 2.53. The third kappa shape index (κ3) is 3.62. The van der Waals surface area contributed by atoms with E-state index < -0.39 is 0 Å². The summed E-state index contributed by atoms with van der Waals surface area (Å²) in [6, 6.07) is 5.48. The van der Waals surface area contributed by atoms with Crippen molar-refractivity contribution in [2.45, 2.75) is 70.3 Å². The van der Waals surface area contributed by atoms with E-state index in [9.17, 15) is 9.59 Å². The van der Waals surface area contributed by atoms with Crippen LogP contribution in [0.2, 0.25) is 5.02 Å². The summed E-state index contributed by atoms with van der Waals surface area (Å²) in [5, 5.41) is 0.693. The zero-order valence-corrected chi connectivity index (χ0v) is 19.2. The minimum absolute atomic E-state index is 0.00647. The minimum atomic E-state index is -0.361. The SMILES string of the molecule is CC(=O)N1CCC[C@H]1C(=O)N1CC[C@H]2O[C@H]3c4cc(Cl)ccc4OC(C)(C)[C@@H]3C[C@H]2C1. The van der Waals surface area contributed by atoms with E-state index in [4.69, 9.17) is 21.1 Å². The van der Waals surface area contributed by atoms with E-state index in [0.717, 1.165) is 37.0 Å². The fourth-order valence-corrected chi connectivity index (χ4v) is 6.27. The van der Waals surface area contributed by atoms with Crippen molar-refractivity contribution in [3.63, 3.8) is 0 Å². The molecule has 7 heteroatoms. The summed E-state index contributed by atoms with van der Waals surface area (Å²) in [5.74, 6) is 1.41. The van der Waals surface area contributed by atoms with Crippen molar-refractivity contribution < 1.29 is 19.1 Å². The summed E-state index contributed by atoms with van der Waals surface area (Å²) in [7, 11) is 0. The second-order valence-electron chi connectivity index (χ2n) is 10.0. The molecule has 0 radical (unpaired) electrons. The molecule has 1 aromatic rings. The van der Waals surface area contributed by atoms with Crippen molar-refractivity contribution in [2.75, 3.05) is 19.6 Å². The molecule has 6 nitrogen and oxygen atoms in total. The van der Waals surface area contributed by atoms with Crippen molar-refractivity contribution in [3.8, 4) is 5.75 Å². The zero-order valence-electron chi connectivity index (χ0n) is 18.5. The van der Waals surface area contributed by atoms with Gasteiger partial charge in [0.25, 0.3) is 0 Å². The first-order valence-corrected chi connectivity index (χ1v) is 11.8. The number of amides is 2. The number of benzene rings is 1. The normalized spacial score (nSPS) is 33.7. The summed E-state index contributed by atoms with van der Waals surface area (Å²) < 4.78 is 13.0. The molecule has 0 aromatic heterocycles. The maximum atomic E-state index is 13.3. The maximum Gasteiger partial charge on any atom is 0.245 e. The molecular weight excluding hydrogens is 416 g/mol. The van der Waals surface area contributed by atoms with E-state index in [1.807, 2.05) is 23.1 Å². The van der Waals surface area contributed by atoms with Gasteiger partial charge in [-0.25, -0.2) is 0 Å². The molecular formula is C24H31ClN2O4. The highest BCUT2D eigenvalue weighted by molar-refractivity contribution is 6.30. The van der Waals surface area contributed by atoms with Crippen LogP contribution < -0.4 is 4.74 Å². The smallest absolute Gasteiger partial charge is 0.245 e. The number of hydrogen-bond donors (Lipinski definition) is 0. The predicted molar refractivity (Wildman–Crippen MR) is 117 cm³/mol. The lowest BCUT2D eigenvalue weighted by molar-refractivity contribution is -0.189. The third-order valence-corrected chi connectivity index (χ3v) is 7.94. The van der Waals surface area contributed by atoms with Crippen LogP contribution in [0.1, 0.15) is 58.1 Å². The number of nitrogens with zero attached hydrogens (tertiary/aromatic N) is 2. The van der Waals surface area contributed by atoms with Gasteiger partial charge in [0.1, 0.15) is 17.4 Å². The lowest BCUT2D eigenvalue weighted by Gasteiger charge is -2.53. The van der Waals surface area contributed by atoms with Crippen molar-refractivity contribution in [1.82, 2.24) is 9.80 Å². The molecule has 4 heterocycles. The zero-order chi connectivity index (χ0) is 21.9. The summed E-state index contributed by atoms with van der Waals surface area (Å²) in [6.07, 6.45) is 3.52. The standard InChI is InChI=1S/C24H31ClN2O4/c1-14(28)27-9-4-5-19(27)23(29)26-10-8-20-15(13-26)11-18-22(30-20)17-12-16(25)6-7-21(17)31-24(18,2)3/h6-7,12,15,18-20,22H,4-5,8-11,13H2,1-3H3/t15-,18+,19-,20+,22-/m0/s1. The molecule has 0 bridgehead atoms. The van der Waals surface area contributed by atoms with Crippen molar-refractivity contribution in [2.24, 2.45) is 11.8 Å². The molecule has 5 rings (SSSR count). The van der Waals surface area contributed by atoms with Crippen LogP contribution in [-0.2, 0) is 14.3 Å². The molecule has 4 aliphatic rings. The van der Waals surface area contributed by atoms with Gasteiger partial charge >= 0.3 is 0 Å². The number of ether oxygens (including phenoxy) is 2. The monoisotopic (exact) mass is 446 g/mol. The Balaban J connectivity index is 1.34. The van der Waals surface area contributed by atoms with E-state index >= 15 is 0 Å². The van der Waals surface area contributed by atoms with E-state index in [0.29, 0.717) is 24.7 Å². The molecule has 0 unspecified atom stereocenters. The molecule has 31 heavy (non-hydrogen) atoms. The summed E-state index contributed by atoms with van der Waals surface area (Å²) >= 11 is 6.28. The Morgan fingerprint density at radius 1 is 1.19 bits per heavy atom. The average molecular weight is 447 g/mol. The van der Waals surface area contributed by atoms with E-state index in [1.54, 1.807) is 11.8 Å². The minimum Gasteiger partial charge on any atom is -0.487 e. The van der Waals surface area contributed by atoms with Gasteiger partial charge in [-0.1, -0.05) is 11.6 Å². The van der Waals surface area contributed by atoms with Gasteiger partial charge in [-0.15, -0.1) is 0 Å². The second kappa shape index (κ2) is 7.66. The van der Waals surface area contributed by atoms with E-state index in [2.05, 4.69) is 13.8 Å². The van der Waals surface area contributed by atoms with Crippen molar-refractivity contribution in [3.05, 3.63) is 28.8 Å². The molecule has 5 atom stereocenters. The molecule has 0 saturated carbocycles. The molecule has 3 fully saturated rings. The van der Waals surface area contributed by atoms with Gasteiger partial charge < -0.3 is 19.3 Å². The largest absolute Gasteiger partial charge is 0.487 e. The number of hydrogen-bond acceptors (Lipinski definition) is 4. The van der Waals surface area contributed by atoms with Gasteiger partial charge in [0, 0.05) is 49.0 Å². The Labute approximate surface area is 188 Å². The molecule has 0 N–H and O–H groups in total. The first kappa shape index (κ1) is 21.1. The van der Waals surface area contributed by atoms with Gasteiger partial charge in [-0.2, -0.15) is 0 Å². The van der Waals surface area contributed by atoms with Crippen molar-refractivity contribution in [1.29, 1.82) is 0 Å². The van der Waals surface area contributed by atoms with Gasteiger partial charge in [-0.3, -0.25) is 9.59 Å². The fraction of sp³-hybridized carbons (Fsp3) is 0.667. The Hall–Kier alpha value is -1.79. The lowest BCUT2D eigenvalue weighted by Crippen LogP contribution is -2.57. The number of piperidine rings is 1. The quantitative estimate of drug-likeness (QED) is 0.658. The van der Waals surface area contributed by atoms with Crippen LogP contribution in [0.25, 0.3) is 0 Å².